The molecule has 2 rings (SSSR count). The Labute approximate surface area is 120 Å². The van der Waals surface area contributed by atoms with E-state index < -0.39 is 4.92 Å². The molecule has 0 radical (unpaired) electrons. The maximum Gasteiger partial charge on any atom is 0.330 e. The number of hydrogen-bond donors (Lipinski definition) is 1. The number of para-hydroxylation sites is 2. The van der Waals surface area contributed by atoms with Crippen molar-refractivity contribution in [3.63, 3.8) is 0 Å². The number of nitrogens with one attached hydrogen (secondary N) is 1. The second-order valence-electron chi connectivity index (χ2n) is 3.73. The largest absolute Gasteiger partial charge is 0.464 e. The standard InChI is InChI=1S/C12H13N5O4/c1-3-20-11-14-10(13-2)15-12(16-11)21-9-7-5-4-6-8(9)17(18)19/h4-7H,3H2,1-2H3,(H,13,14,15,16). The van der Waals surface area contributed by atoms with Gasteiger partial charge in [0.15, 0.2) is 0 Å². The van der Waals surface area contributed by atoms with Crippen molar-refractivity contribution < 1.29 is 14.4 Å². The van der Waals surface area contributed by atoms with E-state index in [1.807, 2.05) is 0 Å². The molecule has 0 saturated heterocycles. The van der Waals surface area contributed by atoms with Gasteiger partial charge < -0.3 is 14.8 Å². The van der Waals surface area contributed by atoms with Crippen molar-refractivity contribution in [1.29, 1.82) is 0 Å². The van der Waals surface area contributed by atoms with E-state index in [0.29, 0.717) is 6.61 Å². The van der Waals surface area contributed by atoms with Gasteiger partial charge in [-0.3, -0.25) is 10.1 Å². The van der Waals surface area contributed by atoms with E-state index in [1.54, 1.807) is 26.1 Å². The fraction of sp³-hybridized carbons (Fsp3) is 0.250. The number of aromatic nitrogens is 3. The Hall–Kier alpha value is -2.97. The molecule has 9 heteroatoms. The lowest BCUT2D eigenvalue weighted by atomic mass is 10.3. The van der Waals surface area contributed by atoms with Gasteiger partial charge in [0, 0.05) is 13.1 Å². The van der Waals surface area contributed by atoms with E-state index in [-0.39, 0.29) is 29.4 Å². The summed E-state index contributed by atoms with van der Waals surface area (Å²) in [7, 11) is 1.62. The van der Waals surface area contributed by atoms with Gasteiger partial charge in [0.1, 0.15) is 0 Å². The summed E-state index contributed by atoms with van der Waals surface area (Å²) in [5.41, 5.74) is -0.179. The number of hydrogen-bond acceptors (Lipinski definition) is 8. The zero-order valence-electron chi connectivity index (χ0n) is 11.4. The number of rotatable bonds is 6. The molecular formula is C12H13N5O4. The number of nitrogens with zero attached hydrogens (tertiary/aromatic N) is 4. The number of anilines is 1. The molecule has 0 atom stereocenters. The number of ether oxygens (including phenoxy) is 2. The Morgan fingerprint density at radius 2 is 1.95 bits per heavy atom. The molecule has 0 aliphatic heterocycles. The molecule has 2 aromatic rings. The van der Waals surface area contributed by atoms with Crippen molar-refractivity contribution >= 4 is 11.6 Å². The molecule has 1 aromatic heterocycles. The first-order valence-electron chi connectivity index (χ1n) is 6.12. The van der Waals surface area contributed by atoms with Crippen LogP contribution in [0, 0.1) is 10.1 Å². The summed E-state index contributed by atoms with van der Waals surface area (Å²) >= 11 is 0. The molecule has 1 heterocycles. The maximum absolute atomic E-state index is 10.9. The van der Waals surface area contributed by atoms with Gasteiger partial charge in [-0.15, -0.1) is 4.98 Å². The number of nitro benzene ring substituents is 1. The first kappa shape index (κ1) is 14.4. The Morgan fingerprint density at radius 1 is 1.24 bits per heavy atom. The quantitative estimate of drug-likeness (QED) is 0.635. The fourth-order valence-electron chi connectivity index (χ4n) is 1.48. The van der Waals surface area contributed by atoms with Gasteiger partial charge in [-0.2, -0.15) is 9.97 Å². The first-order chi connectivity index (χ1) is 10.1. The Balaban J connectivity index is 2.35. The predicted octanol–water partition coefficient (Wildman–Crippen LogP) is 2.01. The number of benzene rings is 1. The zero-order valence-corrected chi connectivity index (χ0v) is 11.4. The van der Waals surface area contributed by atoms with Gasteiger partial charge in [-0.25, -0.2) is 0 Å². The van der Waals surface area contributed by atoms with Crippen LogP contribution < -0.4 is 14.8 Å². The summed E-state index contributed by atoms with van der Waals surface area (Å²) in [6.07, 6.45) is 0. The monoisotopic (exact) mass is 291 g/mol. The van der Waals surface area contributed by atoms with Crippen LogP contribution in [0.3, 0.4) is 0 Å². The molecule has 0 unspecified atom stereocenters. The molecule has 0 spiro atoms. The summed E-state index contributed by atoms with van der Waals surface area (Å²) < 4.78 is 10.6. The van der Waals surface area contributed by atoms with Gasteiger partial charge in [-0.1, -0.05) is 12.1 Å². The SMILES string of the molecule is CCOc1nc(NC)nc(Oc2ccccc2[N+](=O)[O-])n1. The topological polar surface area (TPSA) is 112 Å². The average Bonchev–Trinajstić information content (AvgIpc) is 2.47. The van der Waals surface area contributed by atoms with Crippen LogP contribution in [0.1, 0.15) is 6.92 Å². The lowest BCUT2D eigenvalue weighted by Gasteiger charge is -2.07. The Kier molecular flexibility index (Phi) is 4.44. The van der Waals surface area contributed by atoms with Crippen LogP contribution in [0.5, 0.6) is 17.8 Å². The minimum Gasteiger partial charge on any atom is -0.464 e. The molecule has 1 aromatic carbocycles. The average molecular weight is 291 g/mol. The summed E-state index contributed by atoms with van der Waals surface area (Å²) in [4.78, 5) is 22.3. The van der Waals surface area contributed by atoms with E-state index in [2.05, 4.69) is 20.3 Å². The maximum atomic E-state index is 10.9. The van der Waals surface area contributed by atoms with Crippen LogP contribution >= 0.6 is 0 Å². The molecule has 21 heavy (non-hydrogen) atoms. The van der Waals surface area contributed by atoms with Crippen molar-refractivity contribution in [1.82, 2.24) is 15.0 Å². The molecule has 0 amide bonds. The minimum atomic E-state index is -0.543. The number of nitro groups is 1. The van der Waals surface area contributed by atoms with E-state index >= 15 is 0 Å². The second kappa shape index (κ2) is 6.46. The summed E-state index contributed by atoms with van der Waals surface area (Å²) in [5, 5.41) is 13.7. The minimum absolute atomic E-state index is 0.0400. The Bertz CT molecular complexity index is 649. The molecule has 110 valence electrons. The van der Waals surface area contributed by atoms with Gasteiger partial charge in [0.2, 0.25) is 11.7 Å². The highest BCUT2D eigenvalue weighted by Crippen LogP contribution is 2.29. The molecule has 0 aliphatic carbocycles. The predicted molar refractivity (Wildman–Crippen MR) is 73.7 cm³/mol. The van der Waals surface area contributed by atoms with Crippen molar-refractivity contribution in [2.75, 3.05) is 19.0 Å². The zero-order chi connectivity index (χ0) is 15.2. The molecule has 0 bridgehead atoms. The van der Waals surface area contributed by atoms with E-state index in [9.17, 15) is 10.1 Å². The van der Waals surface area contributed by atoms with E-state index in [1.165, 1.54) is 12.1 Å². The lowest BCUT2D eigenvalue weighted by molar-refractivity contribution is -0.385. The van der Waals surface area contributed by atoms with E-state index in [0.717, 1.165) is 0 Å². The smallest absolute Gasteiger partial charge is 0.330 e. The van der Waals surface area contributed by atoms with Crippen LogP contribution in [0.25, 0.3) is 0 Å². The molecule has 0 fully saturated rings. The van der Waals surface area contributed by atoms with Crippen molar-refractivity contribution in [2.45, 2.75) is 6.92 Å². The second-order valence-corrected chi connectivity index (χ2v) is 3.73. The van der Waals surface area contributed by atoms with Gasteiger partial charge in [0.05, 0.1) is 11.5 Å². The highest BCUT2D eigenvalue weighted by atomic mass is 16.6. The first-order valence-corrected chi connectivity index (χ1v) is 6.12. The molecular weight excluding hydrogens is 278 g/mol. The Morgan fingerprint density at radius 3 is 2.62 bits per heavy atom. The highest BCUT2D eigenvalue weighted by molar-refractivity contribution is 5.47. The third-order valence-electron chi connectivity index (χ3n) is 2.35. The van der Waals surface area contributed by atoms with Crippen LogP contribution in [0.4, 0.5) is 11.6 Å². The van der Waals surface area contributed by atoms with Gasteiger partial charge in [-0.05, 0) is 13.0 Å². The highest BCUT2D eigenvalue weighted by Gasteiger charge is 2.17. The van der Waals surface area contributed by atoms with Gasteiger partial charge >= 0.3 is 17.7 Å². The van der Waals surface area contributed by atoms with Crippen LogP contribution in [-0.2, 0) is 0 Å². The van der Waals surface area contributed by atoms with Crippen molar-refractivity contribution in [3.8, 4) is 17.8 Å². The van der Waals surface area contributed by atoms with Crippen LogP contribution in [0.2, 0.25) is 0 Å². The van der Waals surface area contributed by atoms with Gasteiger partial charge in [0.25, 0.3) is 0 Å². The third kappa shape index (κ3) is 3.53. The summed E-state index contributed by atoms with van der Waals surface area (Å²) in [5.74, 6) is 0.278. The summed E-state index contributed by atoms with van der Waals surface area (Å²) in [6, 6.07) is 5.94. The van der Waals surface area contributed by atoms with Crippen LogP contribution in [-0.4, -0.2) is 33.5 Å². The van der Waals surface area contributed by atoms with E-state index in [4.69, 9.17) is 9.47 Å². The summed E-state index contributed by atoms with van der Waals surface area (Å²) in [6.45, 7) is 2.16. The fourth-order valence-corrected chi connectivity index (χ4v) is 1.48. The lowest BCUT2D eigenvalue weighted by Crippen LogP contribution is -2.05. The van der Waals surface area contributed by atoms with Crippen LogP contribution in [0.15, 0.2) is 24.3 Å². The molecule has 0 saturated carbocycles. The normalized spacial score (nSPS) is 10.0. The third-order valence-corrected chi connectivity index (χ3v) is 2.35. The molecule has 9 nitrogen and oxygen atoms in total. The molecule has 1 N–H and O–H groups in total. The van der Waals surface area contributed by atoms with Crippen molar-refractivity contribution in [2.24, 2.45) is 0 Å². The van der Waals surface area contributed by atoms with Crippen molar-refractivity contribution in [3.05, 3.63) is 34.4 Å². The molecule has 0 aliphatic rings.